The second-order valence-electron chi connectivity index (χ2n) is 10.0. The Morgan fingerprint density at radius 2 is 1.89 bits per heavy atom. The summed E-state index contributed by atoms with van der Waals surface area (Å²) in [5.74, 6) is -2.09. The zero-order valence-electron chi connectivity index (χ0n) is 21.1. The third kappa shape index (κ3) is 5.20. The number of ketones is 1. The number of benzene rings is 2. The fraction of sp³-hybridized carbons (Fsp3) is 0.385. The van der Waals surface area contributed by atoms with Gasteiger partial charge in [-0.2, -0.15) is 9.40 Å². The van der Waals surface area contributed by atoms with Gasteiger partial charge in [0.1, 0.15) is 11.6 Å². The highest BCUT2D eigenvalue weighted by molar-refractivity contribution is 7.89. The highest BCUT2D eigenvalue weighted by Crippen LogP contribution is 2.42. The summed E-state index contributed by atoms with van der Waals surface area (Å²) in [6.45, 7) is 4.99. The van der Waals surface area contributed by atoms with Crippen LogP contribution in [0.1, 0.15) is 54.0 Å². The molecule has 3 N–H and O–H groups in total. The van der Waals surface area contributed by atoms with Crippen LogP contribution in [0, 0.1) is 11.6 Å². The van der Waals surface area contributed by atoms with Crippen molar-refractivity contribution in [3.8, 4) is 0 Å². The summed E-state index contributed by atoms with van der Waals surface area (Å²) in [4.78, 5) is 12.9. The first kappa shape index (κ1) is 28.2. The maximum absolute atomic E-state index is 13.8. The maximum atomic E-state index is 13.8. The molecule has 3 aromatic rings. The molecule has 12 heteroatoms. The Labute approximate surface area is 226 Å². The molecule has 38 heavy (non-hydrogen) atoms. The molecule has 0 unspecified atom stereocenters. The van der Waals surface area contributed by atoms with Crippen LogP contribution in [-0.4, -0.2) is 47.8 Å². The predicted molar refractivity (Wildman–Crippen MR) is 142 cm³/mol. The molecule has 0 aliphatic carbocycles. The zero-order valence-corrected chi connectivity index (χ0v) is 22.7. The van der Waals surface area contributed by atoms with E-state index in [9.17, 15) is 22.0 Å². The molecule has 1 aromatic heterocycles. The minimum Gasteiger partial charge on any atom is -0.383 e. The van der Waals surface area contributed by atoms with Crippen LogP contribution in [0.2, 0.25) is 0 Å². The van der Waals surface area contributed by atoms with Crippen molar-refractivity contribution in [1.29, 1.82) is 0 Å². The van der Waals surface area contributed by atoms with E-state index in [1.54, 1.807) is 26.0 Å². The number of anilines is 1. The quantitative estimate of drug-likeness (QED) is 0.354. The number of carbonyl (C=O) groups excluding carboxylic acids is 1. The van der Waals surface area contributed by atoms with E-state index < -0.39 is 32.1 Å². The topological polar surface area (TPSA) is 107 Å². The molecule has 0 saturated carbocycles. The molecule has 0 amide bonds. The smallest absolute Gasteiger partial charge is 0.244 e. The number of nitrogens with zero attached hydrogens (tertiary/aromatic N) is 2. The predicted octanol–water partition coefficient (Wildman–Crippen LogP) is 4.14. The second kappa shape index (κ2) is 10.7. The van der Waals surface area contributed by atoms with Gasteiger partial charge in [-0.05, 0) is 57.5 Å². The molecule has 1 saturated heterocycles. The van der Waals surface area contributed by atoms with E-state index in [4.69, 9.17) is 0 Å². The Morgan fingerprint density at radius 3 is 2.58 bits per heavy atom. The van der Waals surface area contributed by atoms with Crippen LogP contribution in [0.15, 0.2) is 47.4 Å². The summed E-state index contributed by atoms with van der Waals surface area (Å²) in [5, 5.41) is 14.1. The van der Waals surface area contributed by atoms with Crippen LogP contribution >= 0.6 is 12.4 Å². The van der Waals surface area contributed by atoms with Gasteiger partial charge in [-0.1, -0.05) is 12.1 Å². The number of fused-ring (bicyclic) bond motifs is 1. The van der Waals surface area contributed by atoms with E-state index in [1.165, 1.54) is 0 Å². The van der Waals surface area contributed by atoms with Crippen LogP contribution in [0.25, 0.3) is 0 Å². The van der Waals surface area contributed by atoms with Gasteiger partial charge < -0.3 is 10.6 Å². The van der Waals surface area contributed by atoms with Crippen LogP contribution in [0.5, 0.6) is 0 Å². The number of sulfonamides is 1. The van der Waals surface area contributed by atoms with Gasteiger partial charge in [0.15, 0.2) is 5.78 Å². The molecule has 0 spiro atoms. The van der Waals surface area contributed by atoms with Crippen molar-refractivity contribution in [2.75, 3.05) is 18.4 Å². The van der Waals surface area contributed by atoms with Gasteiger partial charge in [-0.3, -0.25) is 9.89 Å². The number of halogens is 3. The lowest BCUT2D eigenvalue weighted by molar-refractivity contribution is 0.0992. The summed E-state index contributed by atoms with van der Waals surface area (Å²) in [6.07, 6.45) is 2.22. The van der Waals surface area contributed by atoms with Crippen molar-refractivity contribution in [2.24, 2.45) is 0 Å². The third-order valence-electron chi connectivity index (χ3n) is 7.15. The first-order chi connectivity index (χ1) is 17.6. The number of para-hydroxylation sites is 1. The number of nitrogens with one attached hydrogen (secondary N) is 3. The van der Waals surface area contributed by atoms with Crippen molar-refractivity contribution in [2.45, 2.75) is 56.1 Å². The summed E-state index contributed by atoms with van der Waals surface area (Å²) in [5.41, 5.74) is 1.79. The standard InChI is InChI=1S/C26H29F2N5O3S.ClH/c1-26(2)25-21(15-33(26)37(35,36)19-11-16(27)10-17(28)12-19)23(31-32-25)13-24(34)20-7-3-4-8-22(20)30-14-18-6-5-9-29-18;/h3-4,7-8,10-12,18,29-30H,5-6,9,13-15H2,1-2H3,(H,31,32);1H/t18-;/m0./s1. The minimum absolute atomic E-state index is 0. The highest BCUT2D eigenvalue weighted by atomic mass is 35.5. The molecule has 8 nitrogen and oxygen atoms in total. The Balaban J connectivity index is 0.00000336. The SMILES string of the molecule is CC1(C)c2n[nH]c(CC(=O)c3ccccc3NC[C@@H]3CCCN3)c2CN1S(=O)(=O)c1cc(F)cc(F)c1.Cl. The van der Waals surface area contributed by atoms with E-state index >= 15 is 0 Å². The summed E-state index contributed by atoms with van der Waals surface area (Å²) >= 11 is 0. The maximum Gasteiger partial charge on any atom is 0.244 e. The monoisotopic (exact) mass is 565 g/mol. The average molecular weight is 566 g/mol. The van der Waals surface area contributed by atoms with Crippen molar-refractivity contribution in [3.05, 3.63) is 76.6 Å². The molecule has 1 atom stereocenters. The fourth-order valence-corrected chi connectivity index (χ4v) is 6.94. The number of Topliss-reactive ketones (excluding diaryl/α,β-unsaturated/α-hetero) is 1. The Kier molecular flexibility index (Phi) is 7.94. The van der Waals surface area contributed by atoms with Gasteiger partial charge in [-0.15, -0.1) is 12.4 Å². The van der Waals surface area contributed by atoms with Gasteiger partial charge >= 0.3 is 0 Å². The van der Waals surface area contributed by atoms with Crippen molar-refractivity contribution in [3.63, 3.8) is 0 Å². The fourth-order valence-electron chi connectivity index (χ4n) is 5.17. The number of rotatable bonds is 8. The van der Waals surface area contributed by atoms with Crippen molar-refractivity contribution >= 4 is 33.9 Å². The Morgan fingerprint density at radius 1 is 1.18 bits per heavy atom. The molecule has 2 aromatic carbocycles. The Bertz CT molecular complexity index is 1430. The van der Waals surface area contributed by atoms with E-state index in [0.29, 0.717) is 41.2 Å². The lowest BCUT2D eigenvalue weighted by atomic mass is 9.98. The minimum atomic E-state index is -4.25. The van der Waals surface area contributed by atoms with Crippen LogP contribution < -0.4 is 10.6 Å². The molecule has 3 heterocycles. The largest absolute Gasteiger partial charge is 0.383 e. The number of aromatic amines is 1. The van der Waals surface area contributed by atoms with E-state index in [0.717, 1.165) is 41.5 Å². The lowest BCUT2D eigenvalue weighted by Gasteiger charge is -2.30. The van der Waals surface area contributed by atoms with Gasteiger partial charge in [0, 0.05) is 47.7 Å². The first-order valence-corrected chi connectivity index (χ1v) is 13.7. The molecule has 1 fully saturated rings. The Hall–Kier alpha value is -2.86. The molecular formula is C26H30ClF2N5O3S. The summed E-state index contributed by atoms with van der Waals surface area (Å²) in [6, 6.07) is 9.90. The first-order valence-electron chi connectivity index (χ1n) is 12.2. The highest BCUT2D eigenvalue weighted by Gasteiger charge is 2.48. The van der Waals surface area contributed by atoms with Crippen LogP contribution in [0.3, 0.4) is 0 Å². The molecule has 2 aliphatic heterocycles. The van der Waals surface area contributed by atoms with Crippen LogP contribution in [0.4, 0.5) is 14.5 Å². The van der Waals surface area contributed by atoms with Gasteiger partial charge in [0.25, 0.3) is 0 Å². The molecule has 5 rings (SSSR count). The number of hydrogen-bond donors (Lipinski definition) is 3. The van der Waals surface area contributed by atoms with E-state index in [-0.39, 0.29) is 31.2 Å². The molecule has 204 valence electrons. The second-order valence-corrected chi connectivity index (χ2v) is 11.9. The van der Waals surface area contributed by atoms with Gasteiger partial charge in [0.05, 0.1) is 22.5 Å². The molecule has 0 bridgehead atoms. The molecular weight excluding hydrogens is 536 g/mol. The van der Waals surface area contributed by atoms with Crippen LogP contribution in [-0.2, 0) is 28.5 Å². The van der Waals surface area contributed by atoms with Gasteiger partial charge in [0.2, 0.25) is 10.0 Å². The molecule has 0 radical (unpaired) electrons. The number of carbonyl (C=O) groups is 1. The van der Waals surface area contributed by atoms with Crippen molar-refractivity contribution in [1.82, 2.24) is 19.8 Å². The summed E-state index contributed by atoms with van der Waals surface area (Å²) in [7, 11) is -4.25. The van der Waals surface area contributed by atoms with E-state index in [2.05, 4.69) is 20.8 Å². The van der Waals surface area contributed by atoms with E-state index in [1.807, 2.05) is 12.1 Å². The lowest BCUT2D eigenvalue weighted by Crippen LogP contribution is -2.40. The number of hydrogen-bond acceptors (Lipinski definition) is 6. The van der Waals surface area contributed by atoms with Crippen molar-refractivity contribution < 1.29 is 22.0 Å². The van der Waals surface area contributed by atoms with Gasteiger partial charge in [-0.25, -0.2) is 17.2 Å². The average Bonchev–Trinajstić information content (AvgIpc) is 3.56. The summed E-state index contributed by atoms with van der Waals surface area (Å²) < 4.78 is 55.5. The third-order valence-corrected chi connectivity index (χ3v) is 9.14. The number of aromatic nitrogens is 2. The molecule has 2 aliphatic rings. The normalized spacial score (nSPS) is 18.7. The zero-order chi connectivity index (χ0) is 26.4. The number of H-pyrrole nitrogens is 1.